The lowest BCUT2D eigenvalue weighted by Gasteiger charge is -2.26. The molecule has 2 aromatic heterocycles. The number of esters is 1. The number of ether oxygens (including phenoxy) is 3. The van der Waals surface area contributed by atoms with E-state index in [4.69, 9.17) is 19.2 Å². The average molecular weight is 528 g/mol. The van der Waals surface area contributed by atoms with Crippen molar-refractivity contribution in [2.45, 2.75) is 13.0 Å². The molecule has 0 fully saturated rings. The molecule has 4 aromatic rings. The van der Waals surface area contributed by atoms with Crippen LogP contribution < -0.4 is 24.4 Å². The molecule has 0 spiro atoms. The maximum atomic E-state index is 13.9. The van der Waals surface area contributed by atoms with Crippen LogP contribution in [0.2, 0.25) is 0 Å². The maximum absolute atomic E-state index is 13.9. The molecule has 1 aliphatic rings. The third kappa shape index (κ3) is 4.64. The average Bonchev–Trinajstić information content (AvgIpc) is 3.27. The van der Waals surface area contributed by atoms with Gasteiger partial charge in [0.05, 0.1) is 42.7 Å². The number of hydrogen-bond donors (Lipinski definition) is 0. The number of aromatic nitrogens is 2. The summed E-state index contributed by atoms with van der Waals surface area (Å²) >= 11 is 1.26. The fourth-order valence-electron chi connectivity index (χ4n) is 4.39. The molecule has 0 bridgehead atoms. The number of benzene rings is 2. The number of methoxy groups -OCH3 is 2. The van der Waals surface area contributed by atoms with Crippen LogP contribution in [0, 0.1) is 0 Å². The van der Waals surface area contributed by atoms with Gasteiger partial charge in [0.2, 0.25) is 0 Å². The summed E-state index contributed by atoms with van der Waals surface area (Å²) in [6.45, 7) is 1.92. The highest BCUT2D eigenvalue weighted by Gasteiger charge is 2.35. The van der Waals surface area contributed by atoms with Crippen molar-refractivity contribution in [3.63, 3.8) is 0 Å². The zero-order valence-electron chi connectivity index (χ0n) is 21.1. The standard InChI is InChI=1S/C29H25N3O5S/c1-4-37-28(34)24-25(19-10-6-5-7-11-19)31-29-32(26(24)20-12-13-21(35-2)22(16-20)36-3)27(33)23(38-29)15-18-9-8-14-30-17-18/h5-17,26H,4H2,1-3H3/b23-15-. The molecule has 9 heteroatoms. The highest BCUT2D eigenvalue weighted by molar-refractivity contribution is 7.07. The predicted molar refractivity (Wildman–Crippen MR) is 145 cm³/mol. The Balaban J connectivity index is 1.85. The van der Waals surface area contributed by atoms with Gasteiger partial charge in [0.25, 0.3) is 5.56 Å². The number of carbonyl (C=O) groups is 1. The van der Waals surface area contributed by atoms with E-state index in [9.17, 15) is 9.59 Å². The van der Waals surface area contributed by atoms with Gasteiger partial charge in [-0.05, 0) is 42.3 Å². The number of hydrogen-bond acceptors (Lipinski definition) is 8. The molecule has 0 N–H and O–H groups in total. The highest BCUT2D eigenvalue weighted by atomic mass is 32.1. The van der Waals surface area contributed by atoms with E-state index in [0.717, 1.165) is 11.1 Å². The second-order valence-electron chi connectivity index (χ2n) is 8.33. The first kappa shape index (κ1) is 25.2. The van der Waals surface area contributed by atoms with Crippen LogP contribution in [0.15, 0.2) is 88.4 Å². The monoisotopic (exact) mass is 527 g/mol. The molecule has 1 aliphatic heterocycles. The number of rotatable bonds is 7. The van der Waals surface area contributed by atoms with Crippen molar-refractivity contribution in [1.82, 2.24) is 9.55 Å². The molecule has 8 nitrogen and oxygen atoms in total. The molecule has 1 unspecified atom stereocenters. The zero-order chi connectivity index (χ0) is 26.6. The minimum Gasteiger partial charge on any atom is -0.493 e. The van der Waals surface area contributed by atoms with Gasteiger partial charge in [0.1, 0.15) is 0 Å². The summed E-state index contributed by atoms with van der Waals surface area (Å²) in [5, 5.41) is 0. The smallest absolute Gasteiger partial charge is 0.338 e. The van der Waals surface area contributed by atoms with Gasteiger partial charge >= 0.3 is 5.97 Å². The van der Waals surface area contributed by atoms with Crippen molar-refractivity contribution >= 4 is 29.1 Å². The second-order valence-corrected chi connectivity index (χ2v) is 9.34. The molecule has 0 saturated heterocycles. The van der Waals surface area contributed by atoms with Crippen molar-refractivity contribution in [3.05, 3.63) is 115 Å². The van der Waals surface area contributed by atoms with E-state index in [1.807, 2.05) is 48.5 Å². The Morgan fingerprint density at radius 2 is 1.84 bits per heavy atom. The fourth-order valence-corrected chi connectivity index (χ4v) is 5.39. The van der Waals surface area contributed by atoms with E-state index in [1.165, 1.54) is 11.3 Å². The van der Waals surface area contributed by atoms with Gasteiger partial charge in [-0.1, -0.05) is 53.8 Å². The van der Waals surface area contributed by atoms with Crippen LogP contribution >= 0.6 is 11.3 Å². The Morgan fingerprint density at radius 3 is 2.53 bits per heavy atom. The first-order chi connectivity index (χ1) is 18.5. The Kier molecular flexibility index (Phi) is 7.19. The van der Waals surface area contributed by atoms with E-state index in [-0.39, 0.29) is 17.7 Å². The Bertz CT molecular complexity index is 1690. The molecule has 192 valence electrons. The van der Waals surface area contributed by atoms with Crippen LogP contribution in [0.5, 0.6) is 11.5 Å². The van der Waals surface area contributed by atoms with Gasteiger partial charge in [-0.2, -0.15) is 0 Å². The summed E-state index contributed by atoms with van der Waals surface area (Å²) in [6.07, 6.45) is 5.13. The van der Waals surface area contributed by atoms with Crippen molar-refractivity contribution in [3.8, 4) is 11.5 Å². The molecule has 0 aliphatic carbocycles. The largest absolute Gasteiger partial charge is 0.493 e. The van der Waals surface area contributed by atoms with Gasteiger partial charge in [0, 0.05) is 18.0 Å². The lowest BCUT2D eigenvalue weighted by atomic mass is 9.93. The lowest BCUT2D eigenvalue weighted by molar-refractivity contribution is -0.138. The summed E-state index contributed by atoms with van der Waals surface area (Å²) < 4.78 is 18.5. The quantitative estimate of drug-likeness (QED) is 0.343. The van der Waals surface area contributed by atoms with Crippen molar-refractivity contribution < 1.29 is 19.0 Å². The number of fused-ring (bicyclic) bond motifs is 1. The number of pyridine rings is 1. The molecule has 0 amide bonds. The molecule has 38 heavy (non-hydrogen) atoms. The van der Waals surface area contributed by atoms with E-state index in [1.54, 1.807) is 56.3 Å². The predicted octanol–water partition coefficient (Wildman–Crippen LogP) is 3.35. The zero-order valence-corrected chi connectivity index (χ0v) is 21.9. The van der Waals surface area contributed by atoms with Crippen molar-refractivity contribution in [2.24, 2.45) is 4.99 Å². The molecule has 0 saturated carbocycles. The summed E-state index contributed by atoms with van der Waals surface area (Å²) in [6, 6.07) is 17.6. The number of thiazole rings is 1. The van der Waals surface area contributed by atoms with E-state index in [0.29, 0.717) is 32.1 Å². The molecular weight excluding hydrogens is 502 g/mol. The van der Waals surface area contributed by atoms with Crippen molar-refractivity contribution in [1.29, 1.82) is 0 Å². The Labute approximate surface area is 222 Å². The van der Waals surface area contributed by atoms with Gasteiger partial charge in [-0.25, -0.2) is 9.79 Å². The summed E-state index contributed by atoms with van der Waals surface area (Å²) in [5.41, 5.74) is 2.64. The Hall–Kier alpha value is -4.50. The van der Waals surface area contributed by atoms with E-state index < -0.39 is 12.0 Å². The minimum atomic E-state index is -0.809. The summed E-state index contributed by atoms with van der Waals surface area (Å²) in [7, 11) is 3.09. The minimum absolute atomic E-state index is 0.175. The van der Waals surface area contributed by atoms with Crippen molar-refractivity contribution in [2.75, 3.05) is 20.8 Å². The Morgan fingerprint density at radius 1 is 1.05 bits per heavy atom. The normalized spacial score (nSPS) is 15.0. The number of nitrogens with zero attached hydrogens (tertiary/aromatic N) is 3. The molecule has 3 heterocycles. The van der Waals surface area contributed by atoms with Crippen LogP contribution in [0.1, 0.15) is 29.7 Å². The summed E-state index contributed by atoms with van der Waals surface area (Å²) in [5.74, 6) is 0.463. The van der Waals surface area contributed by atoms with E-state index in [2.05, 4.69) is 4.98 Å². The third-order valence-corrected chi connectivity index (χ3v) is 7.06. The van der Waals surface area contributed by atoms with Crippen LogP contribution in [0.3, 0.4) is 0 Å². The third-order valence-electron chi connectivity index (χ3n) is 6.08. The van der Waals surface area contributed by atoms with Crippen LogP contribution in [0.4, 0.5) is 0 Å². The lowest BCUT2D eigenvalue weighted by Crippen LogP contribution is -2.40. The SMILES string of the molecule is CCOC(=O)C1=C(c2ccccc2)N=c2s/c(=C\c3cccnc3)c(=O)n2C1c1ccc(OC)c(OC)c1. The van der Waals surface area contributed by atoms with Gasteiger partial charge in [0.15, 0.2) is 16.3 Å². The molecule has 5 rings (SSSR count). The highest BCUT2D eigenvalue weighted by Crippen LogP contribution is 2.38. The van der Waals surface area contributed by atoms with Crippen LogP contribution in [-0.2, 0) is 9.53 Å². The molecule has 0 radical (unpaired) electrons. The van der Waals surface area contributed by atoms with E-state index >= 15 is 0 Å². The topological polar surface area (TPSA) is 92.0 Å². The van der Waals surface area contributed by atoms with Gasteiger partial charge < -0.3 is 14.2 Å². The maximum Gasteiger partial charge on any atom is 0.338 e. The molecular formula is C29H25N3O5S. The first-order valence-corrected chi connectivity index (χ1v) is 12.8. The summed E-state index contributed by atoms with van der Waals surface area (Å²) in [4.78, 5) is 36.9. The number of carbonyl (C=O) groups excluding carboxylic acids is 1. The fraction of sp³-hybridized carbons (Fsp3) is 0.172. The van der Waals surface area contributed by atoms with Gasteiger partial charge in [-0.3, -0.25) is 14.3 Å². The molecule has 2 aromatic carbocycles. The van der Waals surface area contributed by atoms with Gasteiger partial charge in [-0.15, -0.1) is 0 Å². The second kappa shape index (κ2) is 10.9. The van der Waals surface area contributed by atoms with Crippen LogP contribution in [0.25, 0.3) is 11.8 Å². The molecule has 1 atom stereocenters. The first-order valence-electron chi connectivity index (χ1n) is 12.0. The van der Waals surface area contributed by atoms with Crippen LogP contribution in [-0.4, -0.2) is 36.3 Å².